The Kier molecular flexibility index (Phi) is 3.03. The van der Waals surface area contributed by atoms with E-state index in [0.29, 0.717) is 13.1 Å². The molecule has 90 valence electrons. The van der Waals surface area contributed by atoms with Crippen molar-refractivity contribution in [2.45, 2.75) is 26.2 Å². The first-order valence-electron chi connectivity index (χ1n) is 5.52. The lowest BCUT2D eigenvalue weighted by atomic mass is 10.1. The van der Waals surface area contributed by atoms with E-state index in [0.717, 1.165) is 17.9 Å². The molecule has 0 radical (unpaired) electrons. The number of nitrogens with zero attached hydrogens (tertiary/aromatic N) is 2. The van der Waals surface area contributed by atoms with Crippen molar-refractivity contribution in [3.8, 4) is 0 Å². The minimum absolute atomic E-state index is 0.177. The molecule has 1 fully saturated rings. The number of rotatable bonds is 3. The third-order valence-electron chi connectivity index (χ3n) is 3.02. The van der Waals surface area contributed by atoms with E-state index in [-0.39, 0.29) is 11.7 Å². The second-order valence-corrected chi connectivity index (χ2v) is 6.45. The van der Waals surface area contributed by atoms with E-state index in [2.05, 4.69) is 9.97 Å². The fraction of sp³-hybridized carbons (Fsp3) is 0.700. The van der Waals surface area contributed by atoms with Crippen molar-refractivity contribution in [3.05, 3.63) is 17.7 Å². The van der Waals surface area contributed by atoms with Gasteiger partial charge in [-0.25, -0.2) is 17.7 Å². The van der Waals surface area contributed by atoms with Crippen LogP contribution in [0.5, 0.6) is 0 Å². The van der Waals surface area contributed by atoms with E-state index in [1.807, 2.05) is 6.92 Å². The number of aryl methyl sites for hydroxylation is 1. The molecular weight excluding hydrogens is 226 g/mol. The van der Waals surface area contributed by atoms with Crippen LogP contribution in [0.25, 0.3) is 0 Å². The van der Waals surface area contributed by atoms with Crippen LogP contribution in [-0.2, 0) is 10.0 Å². The van der Waals surface area contributed by atoms with Crippen LogP contribution in [0.4, 0.5) is 0 Å². The summed E-state index contributed by atoms with van der Waals surface area (Å²) < 4.78 is 24.9. The molecule has 1 aromatic heterocycles. The number of aromatic nitrogens is 2. The lowest BCUT2D eigenvalue weighted by Crippen LogP contribution is -2.30. The highest BCUT2D eigenvalue weighted by molar-refractivity contribution is 7.89. The highest BCUT2D eigenvalue weighted by Gasteiger charge is 2.32. The van der Waals surface area contributed by atoms with Gasteiger partial charge in [0.1, 0.15) is 5.82 Å². The molecular formula is C10H17N3O2S. The molecule has 1 atom stereocenters. The Morgan fingerprint density at radius 2 is 2.38 bits per heavy atom. The van der Waals surface area contributed by atoms with E-state index >= 15 is 0 Å². The normalized spacial score (nSPS) is 22.8. The average Bonchev–Trinajstić information content (AvgIpc) is 2.85. The largest absolute Gasteiger partial charge is 0.346 e. The van der Waals surface area contributed by atoms with E-state index in [1.54, 1.807) is 17.4 Å². The number of hydrogen-bond donors (Lipinski definition) is 1. The van der Waals surface area contributed by atoms with Gasteiger partial charge < -0.3 is 4.98 Å². The van der Waals surface area contributed by atoms with Crippen molar-refractivity contribution < 1.29 is 8.42 Å². The number of H-pyrrole nitrogens is 1. The molecule has 0 saturated carbocycles. The highest BCUT2D eigenvalue weighted by Crippen LogP contribution is 2.26. The van der Waals surface area contributed by atoms with Gasteiger partial charge in [-0.1, -0.05) is 0 Å². The first kappa shape index (κ1) is 11.6. The first-order chi connectivity index (χ1) is 7.53. The van der Waals surface area contributed by atoms with Crippen LogP contribution in [0.2, 0.25) is 0 Å². The second-order valence-electron chi connectivity index (χ2n) is 4.20. The number of imidazole rings is 1. The van der Waals surface area contributed by atoms with Crippen molar-refractivity contribution in [3.63, 3.8) is 0 Å². The number of aromatic amines is 1. The van der Waals surface area contributed by atoms with Gasteiger partial charge in [0.05, 0.1) is 5.75 Å². The van der Waals surface area contributed by atoms with Crippen LogP contribution in [-0.4, -0.2) is 41.5 Å². The Morgan fingerprint density at radius 1 is 1.62 bits per heavy atom. The zero-order valence-corrected chi connectivity index (χ0v) is 10.4. The molecule has 5 nitrogen and oxygen atoms in total. The summed E-state index contributed by atoms with van der Waals surface area (Å²) in [7, 11) is -3.04. The average molecular weight is 243 g/mol. The zero-order chi connectivity index (χ0) is 11.8. The number of hydrogen-bond acceptors (Lipinski definition) is 3. The van der Waals surface area contributed by atoms with Crippen LogP contribution in [0, 0.1) is 6.92 Å². The van der Waals surface area contributed by atoms with E-state index in [4.69, 9.17) is 0 Å². The van der Waals surface area contributed by atoms with Crippen LogP contribution < -0.4 is 0 Å². The first-order valence-corrected chi connectivity index (χ1v) is 7.13. The molecule has 1 saturated heterocycles. The highest BCUT2D eigenvalue weighted by atomic mass is 32.2. The molecule has 0 unspecified atom stereocenters. The molecule has 1 aliphatic heterocycles. The number of sulfonamides is 1. The molecule has 2 rings (SSSR count). The Morgan fingerprint density at radius 3 is 2.94 bits per heavy atom. The lowest BCUT2D eigenvalue weighted by molar-refractivity contribution is 0.472. The maximum atomic E-state index is 11.7. The molecule has 1 aromatic rings. The Bertz CT molecular complexity index is 466. The topological polar surface area (TPSA) is 66.1 Å². The van der Waals surface area contributed by atoms with Gasteiger partial charge in [-0.3, -0.25) is 0 Å². The smallest absolute Gasteiger partial charge is 0.213 e. The van der Waals surface area contributed by atoms with Gasteiger partial charge in [0.2, 0.25) is 10.0 Å². The van der Waals surface area contributed by atoms with Crippen molar-refractivity contribution in [1.82, 2.24) is 14.3 Å². The van der Waals surface area contributed by atoms with Crippen molar-refractivity contribution >= 4 is 10.0 Å². The molecule has 0 spiro atoms. The Hall–Kier alpha value is -0.880. The van der Waals surface area contributed by atoms with E-state index in [9.17, 15) is 8.42 Å². The summed E-state index contributed by atoms with van der Waals surface area (Å²) in [4.78, 5) is 7.44. The monoisotopic (exact) mass is 243 g/mol. The lowest BCUT2D eigenvalue weighted by Gasteiger charge is -2.14. The minimum atomic E-state index is -3.04. The molecule has 16 heavy (non-hydrogen) atoms. The summed E-state index contributed by atoms with van der Waals surface area (Å²) in [6, 6.07) is 0. The van der Waals surface area contributed by atoms with Crippen LogP contribution in [0.3, 0.4) is 0 Å². The maximum absolute atomic E-state index is 11.7. The molecule has 1 aliphatic rings. The van der Waals surface area contributed by atoms with Gasteiger partial charge in [0.25, 0.3) is 0 Å². The fourth-order valence-electron chi connectivity index (χ4n) is 2.03. The third-order valence-corrected chi connectivity index (χ3v) is 4.87. The SMILES string of the molecule is CCS(=O)(=O)N1CC[C@@H](c2ncc(C)[nH]2)C1. The second kappa shape index (κ2) is 4.18. The standard InChI is InChI=1S/C10H17N3O2S/c1-3-16(14,15)13-5-4-9(7-13)10-11-6-8(2)12-10/h6,9H,3-5,7H2,1-2H3,(H,11,12)/t9-/m1/s1. The molecule has 0 amide bonds. The number of nitrogens with one attached hydrogen (secondary N) is 1. The molecule has 0 aliphatic carbocycles. The zero-order valence-electron chi connectivity index (χ0n) is 9.60. The fourth-order valence-corrected chi connectivity index (χ4v) is 3.18. The summed E-state index contributed by atoms with van der Waals surface area (Å²) >= 11 is 0. The molecule has 2 heterocycles. The third kappa shape index (κ3) is 2.12. The minimum Gasteiger partial charge on any atom is -0.346 e. The predicted molar refractivity (Wildman–Crippen MR) is 61.7 cm³/mol. The summed E-state index contributed by atoms with van der Waals surface area (Å²) in [5.74, 6) is 1.30. The van der Waals surface area contributed by atoms with Crippen LogP contribution >= 0.6 is 0 Å². The molecule has 1 N–H and O–H groups in total. The van der Waals surface area contributed by atoms with Crippen molar-refractivity contribution in [2.75, 3.05) is 18.8 Å². The quantitative estimate of drug-likeness (QED) is 0.856. The van der Waals surface area contributed by atoms with Crippen molar-refractivity contribution in [2.24, 2.45) is 0 Å². The molecule has 0 aromatic carbocycles. The van der Waals surface area contributed by atoms with Gasteiger partial charge in [-0.2, -0.15) is 0 Å². The van der Waals surface area contributed by atoms with Crippen LogP contribution in [0.1, 0.15) is 30.8 Å². The molecule has 6 heteroatoms. The summed E-state index contributed by atoms with van der Waals surface area (Å²) in [6.45, 7) is 4.80. The van der Waals surface area contributed by atoms with E-state index < -0.39 is 10.0 Å². The van der Waals surface area contributed by atoms with Gasteiger partial charge in [0.15, 0.2) is 0 Å². The Labute approximate surface area is 95.9 Å². The van der Waals surface area contributed by atoms with Gasteiger partial charge >= 0.3 is 0 Å². The Balaban J connectivity index is 2.09. The van der Waals surface area contributed by atoms with Gasteiger partial charge in [-0.15, -0.1) is 0 Å². The van der Waals surface area contributed by atoms with Gasteiger partial charge in [0, 0.05) is 30.9 Å². The van der Waals surface area contributed by atoms with Gasteiger partial charge in [-0.05, 0) is 20.3 Å². The van der Waals surface area contributed by atoms with E-state index in [1.165, 1.54) is 0 Å². The summed E-state index contributed by atoms with van der Waals surface area (Å²) in [5.41, 5.74) is 1.02. The van der Waals surface area contributed by atoms with Crippen LogP contribution in [0.15, 0.2) is 6.20 Å². The summed E-state index contributed by atoms with van der Waals surface area (Å²) in [6.07, 6.45) is 2.64. The molecule has 0 bridgehead atoms. The predicted octanol–water partition coefficient (Wildman–Crippen LogP) is 0.857. The maximum Gasteiger partial charge on any atom is 0.213 e. The summed E-state index contributed by atoms with van der Waals surface area (Å²) in [5, 5.41) is 0. The van der Waals surface area contributed by atoms with Crippen molar-refractivity contribution in [1.29, 1.82) is 0 Å².